The normalized spacial score (nSPS) is 17.2. The minimum Gasteiger partial charge on any atom is -0.465 e. The van der Waals surface area contributed by atoms with Gasteiger partial charge in [-0.1, -0.05) is 0 Å². The largest absolute Gasteiger partial charge is 0.465 e. The summed E-state index contributed by atoms with van der Waals surface area (Å²) < 4.78 is 4.82. The second kappa shape index (κ2) is 1.86. The lowest BCUT2D eigenvalue weighted by atomic mass is 10.2. The van der Waals surface area contributed by atoms with Gasteiger partial charge in [-0.2, -0.15) is 0 Å². The van der Waals surface area contributed by atoms with Crippen molar-refractivity contribution >= 4 is 0 Å². The third-order valence-electron chi connectivity index (χ3n) is 1.02. The van der Waals surface area contributed by atoms with E-state index in [1.165, 1.54) is 13.2 Å². The molecule has 1 unspecified atom stereocenters. The number of furan rings is 1. The molecular formula is C6H9NO2. The average molecular weight is 127 g/mol. The van der Waals surface area contributed by atoms with E-state index in [1.54, 1.807) is 12.1 Å². The summed E-state index contributed by atoms with van der Waals surface area (Å²) in [4.78, 5) is 0. The highest BCUT2D eigenvalue weighted by atomic mass is 16.4. The standard InChI is InChI=1S/C6H9NO2/c1-6(7,8)5-3-2-4-9-5/h2-4,8H,7H2,1H3. The van der Waals surface area contributed by atoms with Gasteiger partial charge in [0.05, 0.1) is 6.26 Å². The van der Waals surface area contributed by atoms with Gasteiger partial charge in [0.2, 0.25) is 0 Å². The predicted molar refractivity (Wildman–Crippen MR) is 32.5 cm³/mol. The van der Waals surface area contributed by atoms with Crippen molar-refractivity contribution < 1.29 is 9.52 Å². The molecule has 0 aliphatic rings. The van der Waals surface area contributed by atoms with Crippen LogP contribution in [0.3, 0.4) is 0 Å². The van der Waals surface area contributed by atoms with Crippen molar-refractivity contribution in [1.29, 1.82) is 0 Å². The van der Waals surface area contributed by atoms with Crippen LogP contribution in [0.15, 0.2) is 22.8 Å². The maximum absolute atomic E-state index is 9.06. The van der Waals surface area contributed by atoms with Crippen LogP contribution in [0.2, 0.25) is 0 Å². The number of nitrogens with two attached hydrogens (primary N) is 1. The van der Waals surface area contributed by atoms with Gasteiger partial charge in [-0.25, -0.2) is 0 Å². The number of aliphatic hydroxyl groups is 1. The average Bonchev–Trinajstić information content (AvgIpc) is 2.08. The van der Waals surface area contributed by atoms with Gasteiger partial charge in [0.25, 0.3) is 0 Å². The lowest BCUT2D eigenvalue weighted by molar-refractivity contribution is 0.0410. The molecule has 3 nitrogen and oxygen atoms in total. The molecule has 3 N–H and O–H groups in total. The van der Waals surface area contributed by atoms with Crippen molar-refractivity contribution in [3.63, 3.8) is 0 Å². The van der Waals surface area contributed by atoms with E-state index in [1.807, 2.05) is 0 Å². The van der Waals surface area contributed by atoms with Crippen LogP contribution in [-0.2, 0) is 5.72 Å². The zero-order chi connectivity index (χ0) is 6.91. The summed E-state index contributed by atoms with van der Waals surface area (Å²) in [6, 6.07) is 3.30. The molecule has 9 heavy (non-hydrogen) atoms. The Hall–Kier alpha value is -0.800. The highest BCUT2D eigenvalue weighted by Gasteiger charge is 2.18. The quantitative estimate of drug-likeness (QED) is 0.537. The highest BCUT2D eigenvalue weighted by Crippen LogP contribution is 2.13. The van der Waals surface area contributed by atoms with Crippen molar-refractivity contribution in [3.8, 4) is 0 Å². The minimum absolute atomic E-state index is 0.377. The first kappa shape index (κ1) is 6.32. The lowest BCUT2D eigenvalue weighted by Crippen LogP contribution is -2.31. The van der Waals surface area contributed by atoms with E-state index in [-0.39, 0.29) is 0 Å². The summed E-state index contributed by atoms with van der Waals surface area (Å²) in [5.41, 5.74) is 3.92. The van der Waals surface area contributed by atoms with Crippen molar-refractivity contribution in [3.05, 3.63) is 24.2 Å². The molecule has 0 aliphatic carbocycles. The summed E-state index contributed by atoms with van der Waals surface area (Å²) >= 11 is 0. The second-order valence-electron chi connectivity index (χ2n) is 2.12. The Labute approximate surface area is 53.1 Å². The molecule has 1 aromatic heterocycles. The van der Waals surface area contributed by atoms with Crippen LogP contribution in [0.4, 0.5) is 0 Å². The molecule has 1 aromatic rings. The molecule has 0 saturated carbocycles. The molecule has 1 heterocycles. The van der Waals surface area contributed by atoms with E-state index >= 15 is 0 Å². The topological polar surface area (TPSA) is 59.4 Å². The summed E-state index contributed by atoms with van der Waals surface area (Å²) in [5, 5.41) is 9.06. The Kier molecular flexibility index (Phi) is 1.31. The minimum atomic E-state index is -1.34. The van der Waals surface area contributed by atoms with Crippen LogP contribution >= 0.6 is 0 Å². The Morgan fingerprint density at radius 1 is 1.78 bits per heavy atom. The summed E-state index contributed by atoms with van der Waals surface area (Å²) in [6.45, 7) is 1.46. The molecular weight excluding hydrogens is 118 g/mol. The third kappa shape index (κ3) is 1.31. The third-order valence-corrected chi connectivity index (χ3v) is 1.02. The maximum Gasteiger partial charge on any atom is 0.169 e. The molecule has 50 valence electrons. The molecule has 3 heteroatoms. The van der Waals surface area contributed by atoms with Crippen molar-refractivity contribution in [1.82, 2.24) is 0 Å². The van der Waals surface area contributed by atoms with Gasteiger partial charge in [0.1, 0.15) is 5.76 Å². The Morgan fingerprint density at radius 3 is 2.67 bits per heavy atom. The van der Waals surface area contributed by atoms with Gasteiger partial charge in [-0.05, 0) is 19.1 Å². The zero-order valence-corrected chi connectivity index (χ0v) is 5.16. The molecule has 1 rings (SSSR count). The van der Waals surface area contributed by atoms with E-state index in [9.17, 15) is 0 Å². The first-order valence-electron chi connectivity index (χ1n) is 2.66. The number of hydrogen-bond donors (Lipinski definition) is 2. The predicted octanol–water partition coefficient (Wildman–Crippen LogP) is 0.403. The molecule has 0 radical (unpaired) electrons. The van der Waals surface area contributed by atoms with Crippen LogP contribution in [0, 0.1) is 0 Å². The van der Waals surface area contributed by atoms with Gasteiger partial charge >= 0.3 is 0 Å². The first-order chi connectivity index (χ1) is 4.11. The summed E-state index contributed by atoms with van der Waals surface area (Å²) in [5.74, 6) is 0.377. The van der Waals surface area contributed by atoms with Gasteiger partial charge in [0, 0.05) is 0 Å². The Bertz CT molecular complexity index is 173. The van der Waals surface area contributed by atoms with E-state index in [4.69, 9.17) is 15.3 Å². The van der Waals surface area contributed by atoms with Crippen molar-refractivity contribution in [2.75, 3.05) is 0 Å². The van der Waals surface area contributed by atoms with E-state index in [0.29, 0.717) is 5.76 Å². The summed E-state index contributed by atoms with van der Waals surface area (Å²) in [7, 11) is 0. The molecule has 1 atom stereocenters. The Morgan fingerprint density at radius 2 is 2.44 bits per heavy atom. The van der Waals surface area contributed by atoms with Gasteiger partial charge in [0.15, 0.2) is 5.72 Å². The molecule has 0 aromatic carbocycles. The lowest BCUT2D eigenvalue weighted by Gasteiger charge is -2.12. The molecule has 0 aliphatic heterocycles. The number of rotatable bonds is 1. The van der Waals surface area contributed by atoms with E-state index in [0.717, 1.165) is 0 Å². The van der Waals surface area contributed by atoms with Crippen molar-refractivity contribution in [2.24, 2.45) is 5.73 Å². The van der Waals surface area contributed by atoms with Crippen LogP contribution < -0.4 is 5.73 Å². The van der Waals surface area contributed by atoms with Crippen LogP contribution in [0.1, 0.15) is 12.7 Å². The molecule has 0 fully saturated rings. The van der Waals surface area contributed by atoms with Crippen molar-refractivity contribution in [2.45, 2.75) is 12.6 Å². The second-order valence-corrected chi connectivity index (χ2v) is 2.12. The fourth-order valence-electron chi connectivity index (χ4n) is 0.567. The molecule has 0 saturated heterocycles. The van der Waals surface area contributed by atoms with Crippen LogP contribution in [0.5, 0.6) is 0 Å². The molecule has 0 bridgehead atoms. The van der Waals surface area contributed by atoms with E-state index < -0.39 is 5.72 Å². The SMILES string of the molecule is CC(N)(O)c1ccco1. The maximum atomic E-state index is 9.06. The van der Waals surface area contributed by atoms with Gasteiger partial charge < -0.3 is 9.52 Å². The molecule has 0 amide bonds. The van der Waals surface area contributed by atoms with Crippen LogP contribution in [-0.4, -0.2) is 5.11 Å². The van der Waals surface area contributed by atoms with Crippen LogP contribution in [0.25, 0.3) is 0 Å². The fourth-order valence-corrected chi connectivity index (χ4v) is 0.567. The van der Waals surface area contributed by atoms with E-state index in [2.05, 4.69) is 0 Å². The summed E-state index contributed by atoms with van der Waals surface area (Å²) in [6.07, 6.45) is 1.47. The monoisotopic (exact) mass is 127 g/mol. The fraction of sp³-hybridized carbons (Fsp3) is 0.333. The Balaban J connectivity index is 2.90. The zero-order valence-electron chi connectivity index (χ0n) is 5.16. The molecule has 0 spiro atoms. The smallest absolute Gasteiger partial charge is 0.169 e. The van der Waals surface area contributed by atoms with Gasteiger partial charge in [-0.15, -0.1) is 0 Å². The van der Waals surface area contributed by atoms with Gasteiger partial charge in [-0.3, -0.25) is 5.73 Å². The highest BCUT2D eigenvalue weighted by molar-refractivity contribution is 5.05. The number of hydrogen-bond acceptors (Lipinski definition) is 3. The first-order valence-corrected chi connectivity index (χ1v) is 2.66.